The van der Waals surface area contributed by atoms with E-state index in [9.17, 15) is 19.5 Å². The standard InChI is InChI=1S/C21H20O5/c1-5-26-20(25)21(3,4)17-11(2)9-10-13-16(17)19(24)15-12(18(13)23)7-6-8-14(15)22/h6-10,22H,5H2,1-4H3. The molecule has 3 rings (SSSR count). The maximum atomic E-state index is 13.2. The van der Waals surface area contributed by atoms with Gasteiger partial charge in [-0.05, 0) is 44.9 Å². The maximum Gasteiger partial charge on any atom is 0.316 e. The van der Waals surface area contributed by atoms with E-state index in [0.29, 0.717) is 11.1 Å². The van der Waals surface area contributed by atoms with E-state index in [1.54, 1.807) is 39.8 Å². The topological polar surface area (TPSA) is 80.7 Å². The van der Waals surface area contributed by atoms with Gasteiger partial charge in [-0.1, -0.05) is 24.3 Å². The molecule has 0 aliphatic heterocycles. The predicted octanol–water partition coefficient (Wildman–Crippen LogP) is 3.32. The second-order valence-corrected chi connectivity index (χ2v) is 6.88. The number of carbonyl (C=O) groups excluding carboxylic acids is 3. The van der Waals surface area contributed by atoms with Crippen molar-refractivity contribution in [3.05, 3.63) is 63.7 Å². The number of hydrogen-bond donors (Lipinski definition) is 1. The molecule has 1 N–H and O–H groups in total. The number of aryl methyl sites for hydroxylation is 1. The van der Waals surface area contributed by atoms with Crippen LogP contribution in [-0.4, -0.2) is 29.2 Å². The Bertz CT molecular complexity index is 953. The van der Waals surface area contributed by atoms with Gasteiger partial charge in [0.2, 0.25) is 0 Å². The number of carbonyl (C=O) groups is 3. The van der Waals surface area contributed by atoms with Crippen LogP contribution in [-0.2, 0) is 14.9 Å². The van der Waals surface area contributed by atoms with Crippen molar-refractivity contribution in [1.29, 1.82) is 0 Å². The van der Waals surface area contributed by atoms with Gasteiger partial charge in [0.25, 0.3) is 0 Å². The fourth-order valence-corrected chi connectivity index (χ4v) is 3.59. The Morgan fingerprint density at radius 1 is 1.04 bits per heavy atom. The van der Waals surface area contributed by atoms with Crippen LogP contribution in [0.5, 0.6) is 5.75 Å². The van der Waals surface area contributed by atoms with E-state index in [2.05, 4.69) is 0 Å². The first-order chi connectivity index (χ1) is 12.2. The Morgan fingerprint density at radius 2 is 1.69 bits per heavy atom. The summed E-state index contributed by atoms with van der Waals surface area (Å²) >= 11 is 0. The molecular weight excluding hydrogens is 332 g/mol. The van der Waals surface area contributed by atoms with E-state index in [-0.39, 0.29) is 40.4 Å². The number of hydrogen-bond acceptors (Lipinski definition) is 5. The summed E-state index contributed by atoms with van der Waals surface area (Å²) < 4.78 is 5.18. The predicted molar refractivity (Wildman–Crippen MR) is 95.8 cm³/mol. The molecule has 5 nitrogen and oxygen atoms in total. The van der Waals surface area contributed by atoms with Crippen molar-refractivity contribution in [2.75, 3.05) is 6.61 Å². The molecule has 5 heteroatoms. The monoisotopic (exact) mass is 352 g/mol. The number of rotatable bonds is 3. The van der Waals surface area contributed by atoms with E-state index < -0.39 is 17.2 Å². The molecule has 1 aliphatic rings. The van der Waals surface area contributed by atoms with Gasteiger partial charge in [0.1, 0.15) is 5.75 Å². The van der Waals surface area contributed by atoms with Gasteiger partial charge in [0.05, 0.1) is 17.6 Å². The average molecular weight is 352 g/mol. The molecular formula is C21H20O5. The lowest BCUT2D eigenvalue weighted by molar-refractivity contribution is -0.148. The van der Waals surface area contributed by atoms with Crippen LogP contribution in [0.25, 0.3) is 0 Å². The third kappa shape index (κ3) is 2.43. The summed E-state index contributed by atoms with van der Waals surface area (Å²) in [5.74, 6) is -1.51. The van der Waals surface area contributed by atoms with Gasteiger partial charge in [-0.25, -0.2) is 0 Å². The molecule has 0 heterocycles. The van der Waals surface area contributed by atoms with E-state index in [1.165, 1.54) is 18.2 Å². The Balaban J connectivity index is 2.33. The van der Waals surface area contributed by atoms with Crippen molar-refractivity contribution >= 4 is 17.5 Å². The van der Waals surface area contributed by atoms with Gasteiger partial charge in [0, 0.05) is 16.7 Å². The number of ketones is 2. The largest absolute Gasteiger partial charge is 0.507 e. The highest BCUT2D eigenvalue weighted by Crippen LogP contribution is 2.39. The molecule has 134 valence electrons. The fourth-order valence-electron chi connectivity index (χ4n) is 3.59. The zero-order chi connectivity index (χ0) is 19.2. The Hall–Kier alpha value is -2.95. The Kier molecular flexibility index (Phi) is 4.18. The van der Waals surface area contributed by atoms with E-state index in [4.69, 9.17) is 4.74 Å². The molecule has 0 radical (unpaired) electrons. The highest BCUT2D eigenvalue weighted by molar-refractivity contribution is 6.30. The normalized spacial score (nSPS) is 13.2. The smallest absolute Gasteiger partial charge is 0.316 e. The van der Waals surface area contributed by atoms with Crippen LogP contribution in [0.4, 0.5) is 0 Å². The number of aromatic hydroxyl groups is 1. The molecule has 0 fully saturated rings. The molecule has 0 bridgehead atoms. The summed E-state index contributed by atoms with van der Waals surface area (Å²) in [6, 6.07) is 7.76. The van der Waals surface area contributed by atoms with Gasteiger partial charge in [-0.3, -0.25) is 14.4 Å². The van der Waals surface area contributed by atoms with Crippen LogP contribution in [0.1, 0.15) is 63.7 Å². The number of esters is 1. The van der Waals surface area contributed by atoms with Crippen LogP contribution in [0.15, 0.2) is 30.3 Å². The van der Waals surface area contributed by atoms with Gasteiger partial charge in [-0.2, -0.15) is 0 Å². The highest BCUT2D eigenvalue weighted by Gasteiger charge is 2.41. The van der Waals surface area contributed by atoms with Crippen LogP contribution >= 0.6 is 0 Å². The summed E-state index contributed by atoms with van der Waals surface area (Å²) in [4.78, 5) is 38.7. The Labute approximate surface area is 151 Å². The molecule has 1 aliphatic carbocycles. The minimum atomic E-state index is -1.12. The molecule has 0 spiro atoms. The van der Waals surface area contributed by atoms with Crippen molar-refractivity contribution in [3.8, 4) is 5.75 Å². The van der Waals surface area contributed by atoms with Gasteiger partial charge in [0.15, 0.2) is 11.6 Å². The molecule has 0 unspecified atom stereocenters. The van der Waals surface area contributed by atoms with Crippen LogP contribution < -0.4 is 0 Å². The summed E-state index contributed by atoms with van der Waals surface area (Å²) in [5.41, 5.74) is 0.613. The molecule has 2 aromatic rings. The van der Waals surface area contributed by atoms with Gasteiger partial charge in [-0.15, -0.1) is 0 Å². The molecule has 0 saturated heterocycles. The first-order valence-corrected chi connectivity index (χ1v) is 8.44. The summed E-state index contributed by atoms with van der Waals surface area (Å²) in [6.45, 7) is 7.06. The second kappa shape index (κ2) is 6.09. The maximum absolute atomic E-state index is 13.2. The minimum Gasteiger partial charge on any atom is -0.507 e. The second-order valence-electron chi connectivity index (χ2n) is 6.88. The lowest BCUT2D eigenvalue weighted by atomic mass is 9.72. The highest BCUT2D eigenvalue weighted by atomic mass is 16.5. The van der Waals surface area contributed by atoms with Crippen molar-refractivity contribution in [1.82, 2.24) is 0 Å². The third-order valence-electron chi connectivity index (χ3n) is 4.81. The number of ether oxygens (including phenoxy) is 1. The molecule has 0 atom stereocenters. The van der Waals surface area contributed by atoms with Crippen LogP contribution in [0, 0.1) is 6.92 Å². The average Bonchev–Trinajstić information content (AvgIpc) is 2.59. The lowest BCUT2D eigenvalue weighted by Crippen LogP contribution is -2.36. The Morgan fingerprint density at radius 3 is 2.35 bits per heavy atom. The van der Waals surface area contributed by atoms with E-state index in [0.717, 1.165) is 0 Å². The lowest BCUT2D eigenvalue weighted by Gasteiger charge is -2.30. The van der Waals surface area contributed by atoms with Gasteiger partial charge < -0.3 is 9.84 Å². The third-order valence-corrected chi connectivity index (χ3v) is 4.81. The molecule has 0 amide bonds. The van der Waals surface area contributed by atoms with Crippen LogP contribution in [0.2, 0.25) is 0 Å². The number of fused-ring (bicyclic) bond motifs is 2. The first kappa shape index (κ1) is 17.9. The molecule has 26 heavy (non-hydrogen) atoms. The van der Waals surface area contributed by atoms with Crippen LogP contribution in [0.3, 0.4) is 0 Å². The van der Waals surface area contributed by atoms with E-state index >= 15 is 0 Å². The van der Waals surface area contributed by atoms with Crippen molar-refractivity contribution in [2.45, 2.75) is 33.1 Å². The van der Waals surface area contributed by atoms with Crippen molar-refractivity contribution in [2.24, 2.45) is 0 Å². The number of phenolic OH excluding ortho intramolecular Hbond substituents is 1. The fraction of sp³-hybridized carbons (Fsp3) is 0.286. The summed E-state index contributed by atoms with van der Waals surface area (Å²) in [6.07, 6.45) is 0. The minimum absolute atomic E-state index is 0.0171. The van der Waals surface area contributed by atoms with Crippen molar-refractivity contribution < 1.29 is 24.2 Å². The zero-order valence-electron chi connectivity index (χ0n) is 15.2. The quantitative estimate of drug-likeness (QED) is 0.732. The number of phenols is 1. The summed E-state index contributed by atoms with van der Waals surface area (Å²) in [5, 5.41) is 10.2. The molecule has 2 aromatic carbocycles. The van der Waals surface area contributed by atoms with Crippen molar-refractivity contribution in [3.63, 3.8) is 0 Å². The zero-order valence-corrected chi connectivity index (χ0v) is 15.2. The summed E-state index contributed by atoms with van der Waals surface area (Å²) in [7, 11) is 0. The number of benzene rings is 2. The molecule has 0 aromatic heterocycles. The van der Waals surface area contributed by atoms with E-state index in [1.807, 2.05) is 0 Å². The van der Waals surface area contributed by atoms with Gasteiger partial charge >= 0.3 is 5.97 Å². The first-order valence-electron chi connectivity index (χ1n) is 8.44. The molecule has 0 saturated carbocycles. The SMILES string of the molecule is CCOC(=O)C(C)(C)c1c(C)ccc2c1C(=O)c1c(O)cccc1C2=O.